The lowest BCUT2D eigenvalue weighted by atomic mass is 9.66. The number of carbonyl (C=O) groups is 1. The van der Waals surface area contributed by atoms with Crippen LogP contribution in [0.4, 0.5) is 11.4 Å². The largest absolute Gasteiger partial charge is 0.481 e. The second-order valence-corrected chi connectivity index (χ2v) is 13.6. The highest BCUT2D eigenvalue weighted by molar-refractivity contribution is 6.15. The average Bonchev–Trinajstić information content (AvgIpc) is 3.49. The van der Waals surface area contributed by atoms with Crippen LogP contribution in [-0.4, -0.2) is 60.6 Å². The molecule has 1 saturated carbocycles. The van der Waals surface area contributed by atoms with E-state index in [-0.39, 0.29) is 41.2 Å². The number of rotatable bonds is 8. The minimum absolute atomic E-state index is 0.0224. The fraction of sp³-hybridized carbons (Fsp3) is 0.625. The van der Waals surface area contributed by atoms with Crippen molar-refractivity contribution in [1.82, 2.24) is 20.2 Å². The molecule has 11 nitrogen and oxygen atoms in total. The van der Waals surface area contributed by atoms with Crippen LogP contribution in [0, 0.1) is 41.9 Å². The molecule has 2 N–H and O–H groups in total. The van der Waals surface area contributed by atoms with Crippen LogP contribution in [-0.2, 0) is 9.68 Å². The first-order chi connectivity index (χ1) is 20.4. The first-order valence-corrected chi connectivity index (χ1v) is 15.3. The normalized spacial score (nSPS) is 28.0. The molecule has 2 aliphatic heterocycles. The van der Waals surface area contributed by atoms with Crippen LogP contribution < -0.4 is 4.90 Å². The van der Waals surface area contributed by atoms with Gasteiger partial charge in [-0.05, 0) is 110 Å². The average molecular weight is 590 g/mol. The third-order valence-electron chi connectivity index (χ3n) is 9.83. The van der Waals surface area contributed by atoms with Crippen molar-refractivity contribution in [3.63, 3.8) is 0 Å². The first kappa shape index (κ1) is 30.8. The summed E-state index contributed by atoms with van der Waals surface area (Å²) in [6, 6.07) is 6.51. The Morgan fingerprint density at radius 3 is 2.56 bits per heavy atom. The van der Waals surface area contributed by atoms with Crippen molar-refractivity contribution in [1.29, 1.82) is 5.26 Å². The van der Waals surface area contributed by atoms with Crippen molar-refractivity contribution in [2.24, 2.45) is 28.7 Å². The van der Waals surface area contributed by atoms with Crippen molar-refractivity contribution in [3.8, 4) is 6.07 Å². The number of aliphatic carboxylic acids is 1. The number of benzene rings is 1. The van der Waals surface area contributed by atoms with Gasteiger partial charge in [0.2, 0.25) is 0 Å². The van der Waals surface area contributed by atoms with Gasteiger partial charge in [-0.15, -0.1) is 5.10 Å². The summed E-state index contributed by atoms with van der Waals surface area (Å²) < 4.78 is 1.48. The third-order valence-corrected chi connectivity index (χ3v) is 9.83. The van der Waals surface area contributed by atoms with Crippen molar-refractivity contribution in [2.75, 3.05) is 11.4 Å². The summed E-state index contributed by atoms with van der Waals surface area (Å²) in [5, 5.41) is 42.2. The van der Waals surface area contributed by atoms with Gasteiger partial charge in [-0.25, -0.2) is 9.88 Å². The molecular formula is C32H43N7O4. The predicted molar refractivity (Wildman–Crippen MR) is 163 cm³/mol. The number of nitriles is 1. The molecule has 4 unspecified atom stereocenters. The maximum atomic E-state index is 11.2. The molecule has 0 amide bonds. The summed E-state index contributed by atoms with van der Waals surface area (Å²) >= 11 is 0. The maximum Gasteiger partial charge on any atom is 0.303 e. The highest BCUT2D eigenvalue weighted by Crippen LogP contribution is 2.47. The van der Waals surface area contributed by atoms with E-state index >= 15 is 0 Å². The molecule has 4 atom stereocenters. The number of carboxylic acids is 1. The van der Waals surface area contributed by atoms with Gasteiger partial charge in [-0.3, -0.25) is 10.1 Å². The third kappa shape index (κ3) is 5.58. The van der Waals surface area contributed by atoms with E-state index in [0.717, 1.165) is 36.1 Å². The molecule has 1 aromatic heterocycles. The van der Waals surface area contributed by atoms with Crippen LogP contribution in [0.25, 0.3) is 5.57 Å². The number of aryl methyl sites for hydroxylation is 1. The van der Waals surface area contributed by atoms with Gasteiger partial charge in [-0.1, -0.05) is 27.7 Å². The smallest absolute Gasteiger partial charge is 0.303 e. The fourth-order valence-corrected chi connectivity index (χ4v) is 8.14. The summed E-state index contributed by atoms with van der Waals surface area (Å²) in [5.41, 5.74) is 4.46. The van der Waals surface area contributed by atoms with E-state index in [2.05, 4.69) is 80.2 Å². The zero-order valence-corrected chi connectivity index (χ0v) is 26.2. The summed E-state index contributed by atoms with van der Waals surface area (Å²) in [7, 11) is 0. The lowest BCUT2D eigenvalue weighted by Crippen LogP contribution is -2.48. The molecule has 5 rings (SSSR count). The summed E-state index contributed by atoms with van der Waals surface area (Å²) in [5.74, 6) is 1.21. The van der Waals surface area contributed by atoms with Gasteiger partial charge in [0.25, 0.3) is 0 Å². The second kappa shape index (κ2) is 11.8. The van der Waals surface area contributed by atoms with Gasteiger partial charge in [0, 0.05) is 24.2 Å². The van der Waals surface area contributed by atoms with Crippen LogP contribution in [0.3, 0.4) is 0 Å². The molecular weight excluding hydrogens is 546 g/mol. The molecule has 0 saturated heterocycles. The minimum Gasteiger partial charge on any atom is -0.481 e. The van der Waals surface area contributed by atoms with E-state index in [1.54, 1.807) is 0 Å². The van der Waals surface area contributed by atoms with Gasteiger partial charge in [0.1, 0.15) is 17.7 Å². The molecule has 1 aliphatic carbocycles. The monoisotopic (exact) mass is 589 g/mol. The molecule has 2 aromatic rings. The van der Waals surface area contributed by atoms with Gasteiger partial charge in [0.15, 0.2) is 11.7 Å². The highest BCUT2D eigenvalue weighted by atomic mass is 17.1. The van der Waals surface area contributed by atoms with Crippen molar-refractivity contribution in [3.05, 3.63) is 34.7 Å². The summed E-state index contributed by atoms with van der Waals surface area (Å²) in [4.78, 5) is 23.7. The van der Waals surface area contributed by atoms with Gasteiger partial charge in [-0.2, -0.15) is 9.94 Å². The van der Waals surface area contributed by atoms with E-state index < -0.39 is 12.1 Å². The van der Waals surface area contributed by atoms with E-state index in [4.69, 9.17) is 9.88 Å². The molecule has 0 radical (unpaired) electrons. The number of allylic oxidation sites excluding steroid dienone is 1. The molecule has 11 heteroatoms. The number of hydrogen-bond donors (Lipinski definition) is 2. The Labute approximate surface area is 253 Å². The van der Waals surface area contributed by atoms with Gasteiger partial charge >= 0.3 is 5.97 Å². The minimum atomic E-state index is -0.791. The Balaban J connectivity index is 1.58. The van der Waals surface area contributed by atoms with E-state index in [0.29, 0.717) is 41.8 Å². The molecule has 0 spiro atoms. The number of carboxylic acid groups (broad SMARTS) is 1. The highest BCUT2D eigenvalue weighted by Gasteiger charge is 2.45. The molecule has 0 bridgehead atoms. The van der Waals surface area contributed by atoms with Gasteiger partial charge < -0.3 is 10.0 Å². The lowest BCUT2D eigenvalue weighted by molar-refractivity contribution is -0.282. The Bertz CT molecular complexity index is 1490. The number of tetrazole rings is 1. The standard InChI is InChI=1S/C32H43N7O4/c1-17-11-19(3)27(20(4)12-17)29(43-42)28-23(16-33)30(39-31(28)35-36-37-39)34-24-14-22-21(5)15-32(6,7)38(10-8-9-26(40)41)25(22)13-18(24)2/h13-14,17,19-21,27,29,42H,8-12,15H2,1-7H3,(H,40,41)/b34-30+. The molecule has 1 fully saturated rings. The SMILES string of the molecule is Cc1cc2c(cc1/N=C1\C(C#N)=C(C(OO)C3C(C)CC(C)CC3C)c3nnnn31)C(C)CC(C)(C)N2CCCC(=O)O. The van der Waals surface area contributed by atoms with Crippen molar-refractivity contribution < 1.29 is 20.0 Å². The maximum absolute atomic E-state index is 11.2. The number of hydrogen-bond acceptors (Lipinski definition) is 9. The van der Waals surface area contributed by atoms with Crippen LogP contribution in [0.1, 0.15) is 96.5 Å². The molecule has 3 aliphatic rings. The number of aromatic nitrogens is 4. The zero-order valence-electron chi connectivity index (χ0n) is 26.2. The topological polar surface area (TPSA) is 150 Å². The Hall–Kier alpha value is -3.62. The first-order valence-electron chi connectivity index (χ1n) is 15.3. The molecule has 43 heavy (non-hydrogen) atoms. The van der Waals surface area contributed by atoms with E-state index in [1.165, 1.54) is 4.68 Å². The number of nitrogens with zero attached hydrogens (tertiary/aromatic N) is 7. The fourth-order valence-electron chi connectivity index (χ4n) is 8.14. The number of fused-ring (bicyclic) bond motifs is 2. The predicted octanol–water partition coefficient (Wildman–Crippen LogP) is 5.98. The van der Waals surface area contributed by atoms with Gasteiger partial charge in [0.05, 0.1) is 11.3 Å². The zero-order chi connectivity index (χ0) is 31.2. The van der Waals surface area contributed by atoms with Crippen molar-refractivity contribution >= 4 is 28.8 Å². The Kier molecular flexibility index (Phi) is 8.47. The Morgan fingerprint density at radius 2 is 1.93 bits per heavy atom. The van der Waals surface area contributed by atoms with Crippen LogP contribution in [0.15, 0.2) is 22.7 Å². The van der Waals surface area contributed by atoms with Crippen LogP contribution in [0.5, 0.6) is 0 Å². The lowest BCUT2D eigenvalue weighted by Gasteiger charge is -2.48. The molecule has 1 aromatic carbocycles. The number of aliphatic imine (C=N–C) groups is 1. The molecule has 3 heterocycles. The number of anilines is 1. The van der Waals surface area contributed by atoms with E-state index in [1.807, 2.05) is 6.92 Å². The van der Waals surface area contributed by atoms with Crippen molar-refractivity contribution in [2.45, 2.75) is 98.1 Å². The Morgan fingerprint density at radius 1 is 1.23 bits per heavy atom. The van der Waals surface area contributed by atoms with Crippen LogP contribution in [0.2, 0.25) is 0 Å². The summed E-state index contributed by atoms with van der Waals surface area (Å²) in [6.45, 7) is 15.8. The van der Waals surface area contributed by atoms with E-state index in [9.17, 15) is 20.4 Å². The quantitative estimate of drug-likeness (QED) is 0.280. The van der Waals surface area contributed by atoms with Crippen LogP contribution >= 0.6 is 0 Å². The summed E-state index contributed by atoms with van der Waals surface area (Å²) in [6.07, 6.45) is 2.83. The second-order valence-electron chi connectivity index (χ2n) is 13.6. The molecule has 230 valence electrons.